The molecule has 0 aromatic carbocycles. The first-order valence-corrected chi connectivity index (χ1v) is 6.69. The fraction of sp³-hybridized carbons (Fsp3) is 0.846. The molecule has 1 spiro atoms. The van der Waals surface area contributed by atoms with Crippen LogP contribution in [0.1, 0.15) is 26.2 Å². The van der Waals surface area contributed by atoms with Gasteiger partial charge in [-0.2, -0.15) is 0 Å². The van der Waals surface area contributed by atoms with E-state index in [4.69, 9.17) is 0 Å². The van der Waals surface area contributed by atoms with E-state index >= 15 is 0 Å². The number of amides is 2. The van der Waals surface area contributed by atoms with Gasteiger partial charge in [-0.15, -0.1) is 0 Å². The van der Waals surface area contributed by atoms with Gasteiger partial charge in [-0.3, -0.25) is 14.5 Å². The summed E-state index contributed by atoms with van der Waals surface area (Å²) >= 11 is 0. The molecule has 0 radical (unpaired) electrons. The highest BCUT2D eigenvalue weighted by molar-refractivity contribution is 6.06. The monoisotopic (exact) mass is 237 g/mol. The van der Waals surface area contributed by atoms with E-state index in [9.17, 15) is 9.59 Å². The van der Waals surface area contributed by atoms with Gasteiger partial charge in [0.1, 0.15) is 5.41 Å². The molecule has 4 heterocycles. The predicted octanol–water partition coefficient (Wildman–Crippen LogP) is 0.622. The minimum atomic E-state index is -0.335. The van der Waals surface area contributed by atoms with Gasteiger partial charge in [-0.05, 0) is 12.8 Å². The molecule has 4 nitrogen and oxygen atoms in total. The van der Waals surface area contributed by atoms with Gasteiger partial charge in [0.15, 0.2) is 0 Å². The van der Waals surface area contributed by atoms with E-state index in [1.807, 2.05) is 6.92 Å². The van der Waals surface area contributed by atoms with E-state index in [2.05, 4.69) is 7.05 Å². The number of quaternary nitrogens is 1. The van der Waals surface area contributed by atoms with Crippen LogP contribution in [0.2, 0.25) is 0 Å². The highest BCUT2D eigenvalue weighted by atomic mass is 16.2. The highest BCUT2D eigenvalue weighted by Gasteiger charge is 2.63. The Balaban J connectivity index is 1.98. The third-order valence-corrected chi connectivity index (χ3v) is 5.24. The quantitative estimate of drug-likeness (QED) is 0.495. The number of nitrogens with zero attached hydrogens (tertiary/aromatic N) is 2. The molecule has 4 aliphatic heterocycles. The number of piperidine rings is 3. The highest BCUT2D eigenvalue weighted by Crippen LogP contribution is 2.51. The van der Waals surface area contributed by atoms with Gasteiger partial charge in [0.25, 0.3) is 0 Å². The Morgan fingerprint density at radius 3 is 2.47 bits per heavy atom. The Labute approximate surface area is 102 Å². The molecule has 2 bridgehead atoms. The van der Waals surface area contributed by atoms with Crippen LogP contribution in [-0.2, 0) is 9.59 Å². The lowest BCUT2D eigenvalue weighted by molar-refractivity contribution is -0.931. The van der Waals surface area contributed by atoms with Crippen molar-refractivity contribution in [2.24, 2.45) is 11.3 Å². The van der Waals surface area contributed by atoms with Crippen LogP contribution in [-0.4, -0.2) is 54.4 Å². The number of fused-ring (bicyclic) bond motifs is 2. The van der Waals surface area contributed by atoms with E-state index in [0.717, 1.165) is 23.9 Å². The molecule has 0 aromatic rings. The van der Waals surface area contributed by atoms with Crippen LogP contribution in [0.25, 0.3) is 0 Å². The van der Waals surface area contributed by atoms with Crippen LogP contribution in [0, 0.1) is 11.3 Å². The molecule has 0 aliphatic carbocycles. The normalized spacial score (nSPS) is 45.1. The second-order valence-corrected chi connectivity index (χ2v) is 6.28. The summed E-state index contributed by atoms with van der Waals surface area (Å²) in [5, 5.41) is 0. The van der Waals surface area contributed by atoms with Crippen LogP contribution in [0.5, 0.6) is 0 Å². The Kier molecular flexibility index (Phi) is 2.18. The summed E-state index contributed by atoms with van der Waals surface area (Å²) in [4.78, 5) is 26.0. The Morgan fingerprint density at radius 1 is 1.35 bits per heavy atom. The van der Waals surface area contributed by atoms with Crippen molar-refractivity contribution in [3.8, 4) is 0 Å². The standard InChI is InChI=1S/C13H21N2O2/c1-3-14-11(16)8-13(12(14)17)9-15(2)6-4-10(13)5-7-15/h10H,3-9H2,1-2H3/q+1/t10?,13-,15?/m0/s1. The van der Waals surface area contributed by atoms with Crippen molar-refractivity contribution in [1.82, 2.24) is 4.90 Å². The van der Waals surface area contributed by atoms with Gasteiger partial charge in [0.2, 0.25) is 11.8 Å². The summed E-state index contributed by atoms with van der Waals surface area (Å²) in [5.41, 5.74) is -0.335. The maximum Gasteiger partial charge on any atom is 0.241 e. The second-order valence-electron chi connectivity index (χ2n) is 6.28. The predicted molar refractivity (Wildman–Crippen MR) is 63.0 cm³/mol. The summed E-state index contributed by atoms with van der Waals surface area (Å²) < 4.78 is 0.993. The van der Waals surface area contributed by atoms with Crippen molar-refractivity contribution >= 4 is 11.8 Å². The van der Waals surface area contributed by atoms with Crippen LogP contribution in [0.15, 0.2) is 0 Å². The van der Waals surface area contributed by atoms with Crippen molar-refractivity contribution in [3.63, 3.8) is 0 Å². The molecule has 4 aliphatic rings. The molecule has 4 saturated heterocycles. The maximum atomic E-state index is 12.6. The topological polar surface area (TPSA) is 37.4 Å². The molecule has 2 amide bonds. The maximum absolute atomic E-state index is 12.6. The number of hydrogen-bond donors (Lipinski definition) is 0. The van der Waals surface area contributed by atoms with Crippen molar-refractivity contribution in [2.75, 3.05) is 33.2 Å². The van der Waals surface area contributed by atoms with Crippen LogP contribution < -0.4 is 0 Å². The molecule has 0 N–H and O–H groups in total. The lowest BCUT2D eigenvalue weighted by Crippen LogP contribution is -2.65. The molecular formula is C13H21N2O2+. The van der Waals surface area contributed by atoms with Gasteiger partial charge in [0.05, 0.1) is 26.7 Å². The van der Waals surface area contributed by atoms with Gasteiger partial charge < -0.3 is 4.48 Å². The van der Waals surface area contributed by atoms with Crippen molar-refractivity contribution < 1.29 is 14.1 Å². The van der Waals surface area contributed by atoms with E-state index in [0.29, 0.717) is 18.9 Å². The van der Waals surface area contributed by atoms with E-state index < -0.39 is 0 Å². The molecular weight excluding hydrogens is 216 g/mol. The Morgan fingerprint density at radius 2 is 2.00 bits per heavy atom. The lowest BCUT2D eigenvalue weighted by Gasteiger charge is -2.54. The van der Waals surface area contributed by atoms with Crippen molar-refractivity contribution in [1.29, 1.82) is 0 Å². The Bertz CT molecular complexity index is 385. The molecule has 4 fully saturated rings. The van der Waals surface area contributed by atoms with Gasteiger partial charge in [-0.1, -0.05) is 0 Å². The first-order chi connectivity index (χ1) is 8.01. The molecule has 94 valence electrons. The summed E-state index contributed by atoms with van der Waals surface area (Å²) in [5.74, 6) is 0.632. The molecule has 0 unspecified atom stereocenters. The summed E-state index contributed by atoms with van der Waals surface area (Å²) in [6, 6.07) is 0. The lowest BCUT2D eigenvalue weighted by atomic mass is 9.64. The molecule has 4 heteroatoms. The van der Waals surface area contributed by atoms with E-state index in [1.54, 1.807) is 0 Å². The Hall–Kier alpha value is -0.900. The fourth-order valence-corrected chi connectivity index (χ4v) is 4.30. The summed E-state index contributed by atoms with van der Waals surface area (Å²) in [6.45, 7) is 5.68. The average molecular weight is 237 g/mol. The molecule has 0 saturated carbocycles. The second kappa shape index (κ2) is 3.31. The van der Waals surface area contributed by atoms with Crippen LogP contribution in [0.4, 0.5) is 0 Å². The third kappa shape index (κ3) is 1.33. The number of likely N-dealkylation sites (tertiary alicyclic amines) is 1. The number of imide groups is 1. The summed E-state index contributed by atoms with van der Waals surface area (Å²) in [7, 11) is 2.24. The molecule has 1 atom stereocenters. The van der Waals surface area contributed by atoms with Crippen molar-refractivity contribution in [3.05, 3.63) is 0 Å². The SMILES string of the molecule is CCN1C(=O)C[C@@]2(C[N+]3(C)CCC2CC3)C1=O. The minimum absolute atomic E-state index is 0.0536. The van der Waals surface area contributed by atoms with Crippen molar-refractivity contribution in [2.45, 2.75) is 26.2 Å². The molecule has 17 heavy (non-hydrogen) atoms. The van der Waals surface area contributed by atoms with Crippen LogP contribution in [0.3, 0.4) is 0 Å². The first-order valence-electron chi connectivity index (χ1n) is 6.69. The van der Waals surface area contributed by atoms with Gasteiger partial charge in [-0.25, -0.2) is 0 Å². The number of carbonyl (C=O) groups excluding carboxylic acids is 2. The van der Waals surface area contributed by atoms with Gasteiger partial charge in [0, 0.05) is 25.8 Å². The number of rotatable bonds is 1. The van der Waals surface area contributed by atoms with Crippen LogP contribution >= 0.6 is 0 Å². The zero-order valence-electron chi connectivity index (χ0n) is 10.7. The average Bonchev–Trinajstić information content (AvgIpc) is 2.50. The summed E-state index contributed by atoms with van der Waals surface area (Å²) in [6.07, 6.45) is 2.71. The zero-order chi connectivity index (χ0) is 12.3. The first kappa shape index (κ1) is 11.2. The van der Waals surface area contributed by atoms with E-state index in [-0.39, 0.29) is 17.2 Å². The number of hydrogen-bond acceptors (Lipinski definition) is 2. The van der Waals surface area contributed by atoms with Gasteiger partial charge >= 0.3 is 0 Å². The smallest absolute Gasteiger partial charge is 0.241 e. The minimum Gasteiger partial charge on any atom is -0.325 e. The zero-order valence-corrected chi connectivity index (χ0v) is 10.7. The fourth-order valence-electron chi connectivity index (χ4n) is 4.30. The largest absolute Gasteiger partial charge is 0.325 e. The number of carbonyl (C=O) groups is 2. The molecule has 4 rings (SSSR count). The molecule has 0 aromatic heterocycles. The van der Waals surface area contributed by atoms with E-state index in [1.165, 1.54) is 18.0 Å². The third-order valence-electron chi connectivity index (χ3n) is 5.24.